The first-order valence-electron chi connectivity index (χ1n) is 7.88. The van der Waals surface area contributed by atoms with Crippen molar-refractivity contribution >= 4 is 30.0 Å². The largest absolute Gasteiger partial charge is 0.493 e. The van der Waals surface area contributed by atoms with E-state index in [9.17, 15) is 4.39 Å². The van der Waals surface area contributed by atoms with Gasteiger partial charge in [-0.25, -0.2) is 4.39 Å². The number of aromatic amines is 1. The van der Waals surface area contributed by atoms with Crippen molar-refractivity contribution in [3.8, 4) is 11.5 Å². The molecule has 0 spiro atoms. The number of halogens is 2. The molecular formula is C18H16ClFN4O2S. The van der Waals surface area contributed by atoms with Crippen molar-refractivity contribution in [3.05, 3.63) is 69.0 Å². The summed E-state index contributed by atoms with van der Waals surface area (Å²) in [6, 6.07) is 9.63. The third-order valence-electron chi connectivity index (χ3n) is 3.77. The monoisotopic (exact) mass is 406 g/mol. The van der Waals surface area contributed by atoms with E-state index in [1.165, 1.54) is 31.0 Å². The summed E-state index contributed by atoms with van der Waals surface area (Å²) in [6.07, 6.45) is 2.03. The predicted octanol–water partition coefficient (Wildman–Crippen LogP) is 4.22. The lowest BCUT2D eigenvalue weighted by molar-refractivity contribution is 0.355. The van der Waals surface area contributed by atoms with Crippen LogP contribution in [0, 0.1) is 10.6 Å². The van der Waals surface area contributed by atoms with Gasteiger partial charge in [0.15, 0.2) is 17.3 Å². The summed E-state index contributed by atoms with van der Waals surface area (Å²) in [4.78, 5) is 0. The van der Waals surface area contributed by atoms with E-state index in [0.29, 0.717) is 39.1 Å². The molecule has 27 heavy (non-hydrogen) atoms. The lowest BCUT2D eigenvalue weighted by atomic mass is 10.1. The van der Waals surface area contributed by atoms with Crippen molar-refractivity contribution in [2.75, 3.05) is 14.2 Å². The molecule has 1 aromatic heterocycles. The second kappa shape index (κ2) is 8.32. The van der Waals surface area contributed by atoms with Gasteiger partial charge in [0.1, 0.15) is 5.82 Å². The van der Waals surface area contributed by atoms with Gasteiger partial charge in [-0.3, -0.25) is 5.10 Å². The minimum absolute atomic E-state index is 0.291. The SMILES string of the molecule is COc1cc(/C=N\n2c(Cc3ccc(F)cc3)n[nH]c2=S)cc(Cl)c1OC. The summed E-state index contributed by atoms with van der Waals surface area (Å²) in [5.74, 6) is 1.25. The van der Waals surface area contributed by atoms with Gasteiger partial charge in [0.05, 0.1) is 25.5 Å². The summed E-state index contributed by atoms with van der Waals surface area (Å²) in [7, 11) is 3.05. The fraction of sp³-hybridized carbons (Fsp3) is 0.167. The minimum atomic E-state index is -0.291. The Labute approximate surface area is 165 Å². The predicted molar refractivity (Wildman–Crippen MR) is 104 cm³/mol. The van der Waals surface area contributed by atoms with Crippen LogP contribution in [0.4, 0.5) is 4.39 Å². The highest BCUT2D eigenvalue weighted by atomic mass is 35.5. The van der Waals surface area contributed by atoms with E-state index in [4.69, 9.17) is 33.3 Å². The number of benzene rings is 2. The van der Waals surface area contributed by atoms with Gasteiger partial charge in [0, 0.05) is 6.42 Å². The third kappa shape index (κ3) is 4.35. The van der Waals surface area contributed by atoms with E-state index in [1.807, 2.05) is 0 Å². The zero-order valence-corrected chi connectivity index (χ0v) is 16.1. The number of nitrogens with zero attached hydrogens (tertiary/aromatic N) is 3. The first-order valence-corrected chi connectivity index (χ1v) is 8.67. The van der Waals surface area contributed by atoms with Gasteiger partial charge in [-0.2, -0.15) is 14.9 Å². The molecule has 0 bridgehead atoms. The van der Waals surface area contributed by atoms with Crippen LogP contribution in [0.15, 0.2) is 41.5 Å². The molecule has 3 rings (SSSR count). The maximum atomic E-state index is 13.1. The molecule has 140 valence electrons. The smallest absolute Gasteiger partial charge is 0.216 e. The number of hydrogen-bond donors (Lipinski definition) is 1. The van der Waals surface area contributed by atoms with E-state index in [1.54, 1.807) is 30.5 Å². The normalized spacial score (nSPS) is 11.1. The molecule has 0 aliphatic carbocycles. The van der Waals surface area contributed by atoms with E-state index in [-0.39, 0.29) is 5.82 Å². The summed E-state index contributed by atoms with van der Waals surface area (Å²) in [5.41, 5.74) is 1.59. The molecule has 0 radical (unpaired) electrons. The second-order valence-electron chi connectivity index (χ2n) is 5.54. The zero-order valence-electron chi connectivity index (χ0n) is 14.6. The number of rotatable bonds is 6. The number of nitrogens with one attached hydrogen (secondary N) is 1. The van der Waals surface area contributed by atoms with Crippen molar-refractivity contribution in [2.24, 2.45) is 5.10 Å². The second-order valence-corrected chi connectivity index (χ2v) is 6.34. The molecule has 0 saturated carbocycles. The van der Waals surface area contributed by atoms with Crippen LogP contribution >= 0.6 is 23.8 Å². The van der Waals surface area contributed by atoms with Crippen molar-refractivity contribution < 1.29 is 13.9 Å². The molecular weight excluding hydrogens is 391 g/mol. The van der Waals surface area contributed by atoms with Gasteiger partial charge in [-0.1, -0.05) is 23.7 Å². The van der Waals surface area contributed by atoms with Crippen molar-refractivity contribution in [3.63, 3.8) is 0 Å². The molecule has 0 aliphatic heterocycles. The molecule has 1 N–H and O–H groups in total. The molecule has 0 atom stereocenters. The van der Waals surface area contributed by atoms with Crippen molar-refractivity contribution in [1.29, 1.82) is 0 Å². The van der Waals surface area contributed by atoms with E-state index in [0.717, 1.165) is 5.56 Å². The Morgan fingerprint density at radius 2 is 2.00 bits per heavy atom. The highest BCUT2D eigenvalue weighted by molar-refractivity contribution is 7.71. The van der Waals surface area contributed by atoms with Gasteiger partial charge in [0.2, 0.25) is 4.77 Å². The molecule has 0 unspecified atom stereocenters. The van der Waals surface area contributed by atoms with Crippen LogP contribution in [0.25, 0.3) is 0 Å². The molecule has 0 fully saturated rings. The molecule has 6 nitrogen and oxygen atoms in total. The molecule has 3 aromatic rings. The van der Waals surface area contributed by atoms with Gasteiger partial charge in [-0.05, 0) is 47.6 Å². The van der Waals surface area contributed by atoms with Crippen LogP contribution in [0.5, 0.6) is 11.5 Å². The summed E-state index contributed by atoms with van der Waals surface area (Å²) in [5, 5.41) is 11.7. The summed E-state index contributed by atoms with van der Waals surface area (Å²) < 4.78 is 25.4. The third-order valence-corrected chi connectivity index (χ3v) is 4.32. The lowest BCUT2D eigenvalue weighted by Gasteiger charge is -2.10. The maximum Gasteiger partial charge on any atom is 0.216 e. The Kier molecular flexibility index (Phi) is 5.88. The van der Waals surface area contributed by atoms with E-state index < -0.39 is 0 Å². The first kappa shape index (κ1) is 19.1. The van der Waals surface area contributed by atoms with E-state index in [2.05, 4.69) is 15.3 Å². The van der Waals surface area contributed by atoms with Crippen molar-refractivity contribution in [1.82, 2.24) is 14.9 Å². The topological polar surface area (TPSA) is 64.4 Å². The highest BCUT2D eigenvalue weighted by Gasteiger charge is 2.11. The van der Waals surface area contributed by atoms with Crippen LogP contribution in [-0.4, -0.2) is 35.3 Å². The van der Waals surface area contributed by atoms with Gasteiger partial charge in [0.25, 0.3) is 0 Å². The Hall–Kier alpha value is -2.71. The molecule has 9 heteroatoms. The van der Waals surface area contributed by atoms with Crippen LogP contribution in [-0.2, 0) is 6.42 Å². The Bertz CT molecular complexity index is 1030. The highest BCUT2D eigenvalue weighted by Crippen LogP contribution is 2.35. The standard InChI is InChI=1S/C18H16ClFN4O2S/c1-25-15-8-12(7-14(19)17(15)26-2)10-21-24-16(22-23-18(24)27)9-11-3-5-13(20)6-4-11/h3-8,10H,9H2,1-2H3,(H,23,27)/b21-10-. The fourth-order valence-electron chi connectivity index (χ4n) is 2.48. The number of ether oxygens (including phenoxy) is 2. The number of H-pyrrole nitrogens is 1. The minimum Gasteiger partial charge on any atom is -0.493 e. The fourth-order valence-corrected chi connectivity index (χ4v) is 2.97. The van der Waals surface area contributed by atoms with E-state index >= 15 is 0 Å². The quantitative estimate of drug-likeness (QED) is 0.491. The Morgan fingerprint density at radius 1 is 1.26 bits per heavy atom. The molecule has 0 amide bonds. The first-order chi connectivity index (χ1) is 13.0. The van der Waals surface area contributed by atoms with Crippen LogP contribution in [0.2, 0.25) is 5.02 Å². The summed E-state index contributed by atoms with van der Waals surface area (Å²) >= 11 is 11.5. The Morgan fingerprint density at radius 3 is 2.67 bits per heavy atom. The van der Waals surface area contributed by atoms with Gasteiger partial charge in [-0.15, -0.1) is 0 Å². The van der Waals surface area contributed by atoms with Gasteiger partial charge < -0.3 is 9.47 Å². The average molecular weight is 407 g/mol. The maximum absolute atomic E-state index is 13.1. The van der Waals surface area contributed by atoms with Crippen LogP contribution in [0.3, 0.4) is 0 Å². The number of aromatic nitrogens is 3. The zero-order chi connectivity index (χ0) is 19.4. The van der Waals surface area contributed by atoms with Crippen LogP contribution in [0.1, 0.15) is 17.0 Å². The number of hydrogen-bond acceptors (Lipinski definition) is 5. The summed E-state index contributed by atoms with van der Waals surface area (Å²) in [6.45, 7) is 0. The molecule has 2 aromatic carbocycles. The number of methoxy groups -OCH3 is 2. The van der Waals surface area contributed by atoms with Crippen molar-refractivity contribution in [2.45, 2.75) is 6.42 Å². The van der Waals surface area contributed by atoms with Gasteiger partial charge >= 0.3 is 0 Å². The molecule has 0 saturated heterocycles. The lowest BCUT2D eigenvalue weighted by Crippen LogP contribution is -2.01. The Balaban J connectivity index is 1.90. The molecule has 1 heterocycles. The average Bonchev–Trinajstić information content (AvgIpc) is 3.00. The van der Waals surface area contributed by atoms with Crippen LogP contribution < -0.4 is 9.47 Å². The molecule has 0 aliphatic rings.